The topological polar surface area (TPSA) is 63.8 Å². The van der Waals surface area contributed by atoms with Crippen LogP contribution in [0, 0.1) is 12.7 Å². The molecular weight excluding hydrogens is 255 g/mol. The quantitative estimate of drug-likeness (QED) is 0.897. The summed E-state index contributed by atoms with van der Waals surface area (Å²) in [5.74, 6) is -0.0566. The Morgan fingerprint density at radius 3 is 2.83 bits per heavy atom. The van der Waals surface area contributed by atoms with Crippen LogP contribution in [-0.4, -0.2) is 9.97 Å². The maximum atomic E-state index is 13.2. The van der Waals surface area contributed by atoms with Crippen LogP contribution in [0.2, 0.25) is 5.02 Å². The molecule has 0 radical (unpaired) electrons. The predicted octanol–water partition coefficient (Wildman–Crippen LogP) is 2.78. The standard InChI is InChI=1S/C12H12ClFN4/c1-7-6-16-12(18-11(7)5-15)17-10-3-8(13)2-9(14)4-10/h2-4,6H,5,15H2,1H3,(H,16,17,18). The van der Waals surface area contributed by atoms with E-state index < -0.39 is 5.82 Å². The van der Waals surface area contributed by atoms with E-state index in [0.29, 0.717) is 23.2 Å². The van der Waals surface area contributed by atoms with Crippen molar-refractivity contribution >= 4 is 23.2 Å². The Morgan fingerprint density at radius 2 is 2.17 bits per heavy atom. The molecule has 0 atom stereocenters. The number of hydrogen-bond donors (Lipinski definition) is 2. The molecule has 18 heavy (non-hydrogen) atoms. The second-order valence-electron chi connectivity index (χ2n) is 3.81. The van der Waals surface area contributed by atoms with Crippen molar-refractivity contribution in [3.63, 3.8) is 0 Å². The Balaban J connectivity index is 2.28. The van der Waals surface area contributed by atoms with E-state index in [4.69, 9.17) is 17.3 Å². The molecule has 94 valence electrons. The predicted molar refractivity (Wildman–Crippen MR) is 69.4 cm³/mol. The summed E-state index contributed by atoms with van der Waals surface area (Å²) in [6, 6.07) is 4.14. The lowest BCUT2D eigenvalue weighted by atomic mass is 10.2. The van der Waals surface area contributed by atoms with Gasteiger partial charge in [-0.1, -0.05) is 11.6 Å². The molecule has 4 nitrogen and oxygen atoms in total. The lowest BCUT2D eigenvalue weighted by Crippen LogP contribution is -2.06. The molecule has 0 fully saturated rings. The Labute approximate surface area is 109 Å². The van der Waals surface area contributed by atoms with E-state index in [0.717, 1.165) is 11.3 Å². The van der Waals surface area contributed by atoms with Gasteiger partial charge < -0.3 is 11.1 Å². The molecule has 0 amide bonds. The molecule has 0 unspecified atom stereocenters. The monoisotopic (exact) mass is 266 g/mol. The summed E-state index contributed by atoms with van der Waals surface area (Å²) in [7, 11) is 0. The van der Waals surface area contributed by atoms with E-state index in [1.807, 2.05) is 6.92 Å². The third kappa shape index (κ3) is 2.94. The summed E-state index contributed by atoms with van der Waals surface area (Å²) >= 11 is 5.76. The fourth-order valence-corrected chi connectivity index (χ4v) is 1.72. The third-order valence-electron chi connectivity index (χ3n) is 2.39. The summed E-state index contributed by atoms with van der Waals surface area (Å²) in [4.78, 5) is 8.33. The van der Waals surface area contributed by atoms with Gasteiger partial charge in [0.05, 0.1) is 5.69 Å². The lowest BCUT2D eigenvalue weighted by Gasteiger charge is -2.08. The SMILES string of the molecule is Cc1cnc(Nc2cc(F)cc(Cl)c2)nc1CN. The number of aryl methyl sites for hydroxylation is 1. The number of halogens is 2. The van der Waals surface area contributed by atoms with Crippen molar-refractivity contribution in [3.05, 3.63) is 46.5 Å². The van der Waals surface area contributed by atoms with Crippen LogP contribution in [0.3, 0.4) is 0 Å². The fourth-order valence-electron chi connectivity index (χ4n) is 1.50. The number of nitrogens with two attached hydrogens (primary N) is 1. The minimum atomic E-state index is -0.420. The molecule has 1 aromatic carbocycles. The Kier molecular flexibility index (Phi) is 3.74. The fraction of sp³-hybridized carbons (Fsp3) is 0.167. The molecule has 1 heterocycles. The molecule has 0 aliphatic rings. The lowest BCUT2D eigenvalue weighted by molar-refractivity contribution is 0.628. The zero-order chi connectivity index (χ0) is 13.1. The van der Waals surface area contributed by atoms with Crippen LogP contribution < -0.4 is 11.1 Å². The minimum Gasteiger partial charge on any atom is -0.325 e. The van der Waals surface area contributed by atoms with E-state index in [1.165, 1.54) is 12.1 Å². The maximum Gasteiger partial charge on any atom is 0.227 e. The molecule has 0 aliphatic heterocycles. The van der Waals surface area contributed by atoms with Crippen LogP contribution in [0.25, 0.3) is 0 Å². The molecular formula is C12H12ClFN4. The van der Waals surface area contributed by atoms with Crippen LogP contribution in [0.1, 0.15) is 11.3 Å². The largest absolute Gasteiger partial charge is 0.325 e. The average Bonchev–Trinajstić information content (AvgIpc) is 2.30. The van der Waals surface area contributed by atoms with E-state index in [9.17, 15) is 4.39 Å². The van der Waals surface area contributed by atoms with Gasteiger partial charge in [0.2, 0.25) is 5.95 Å². The smallest absolute Gasteiger partial charge is 0.227 e. The summed E-state index contributed by atoms with van der Waals surface area (Å²) in [6.45, 7) is 2.21. The normalized spacial score (nSPS) is 10.4. The van der Waals surface area contributed by atoms with Gasteiger partial charge in [0, 0.05) is 23.5 Å². The second-order valence-corrected chi connectivity index (χ2v) is 4.25. The summed E-state index contributed by atoms with van der Waals surface area (Å²) < 4.78 is 13.2. The molecule has 0 spiro atoms. The number of benzene rings is 1. The number of nitrogens with one attached hydrogen (secondary N) is 1. The molecule has 0 bridgehead atoms. The van der Waals surface area contributed by atoms with E-state index in [1.54, 1.807) is 12.3 Å². The van der Waals surface area contributed by atoms with Crippen molar-refractivity contribution in [2.24, 2.45) is 5.73 Å². The number of aromatic nitrogens is 2. The number of anilines is 2. The van der Waals surface area contributed by atoms with Crippen molar-refractivity contribution in [1.29, 1.82) is 0 Å². The van der Waals surface area contributed by atoms with Crippen molar-refractivity contribution in [3.8, 4) is 0 Å². The summed E-state index contributed by atoms with van der Waals surface area (Å²) in [6.07, 6.45) is 1.67. The molecule has 3 N–H and O–H groups in total. The Bertz CT molecular complexity index is 554. The van der Waals surface area contributed by atoms with E-state index in [2.05, 4.69) is 15.3 Å². The molecule has 0 saturated heterocycles. The van der Waals surface area contributed by atoms with Gasteiger partial charge in [-0.05, 0) is 30.7 Å². The molecule has 6 heteroatoms. The van der Waals surface area contributed by atoms with Gasteiger partial charge in [-0.2, -0.15) is 0 Å². The first kappa shape index (κ1) is 12.7. The van der Waals surface area contributed by atoms with Crippen LogP contribution in [-0.2, 0) is 6.54 Å². The Morgan fingerprint density at radius 1 is 1.39 bits per heavy atom. The van der Waals surface area contributed by atoms with Crippen LogP contribution in [0.4, 0.5) is 16.0 Å². The first-order valence-corrected chi connectivity index (χ1v) is 5.72. The second kappa shape index (κ2) is 5.29. The first-order chi connectivity index (χ1) is 8.58. The Hall–Kier alpha value is -1.72. The van der Waals surface area contributed by atoms with Crippen LogP contribution in [0.15, 0.2) is 24.4 Å². The zero-order valence-corrected chi connectivity index (χ0v) is 10.5. The number of rotatable bonds is 3. The van der Waals surface area contributed by atoms with E-state index >= 15 is 0 Å². The summed E-state index contributed by atoms with van der Waals surface area (Å²) in [5, 5.41) is 3.19. The number of nitrogens with zero attached hydrogens (tertiary/aromatic N) is 2. The van der Waals surface area contributed by atoms with Gasteiger partial charge in [-0.25, -0.2) is 14.4 Å². The van der Waals surface area contributed by atoms with Crippen molar-refractivity contribution in [2.75, 3.05) is 5.32 Å². The van der Waals surface area contributed by atoms with Gasteiger partial charge in [0.1, 0.15) is 5.82 Å². The van der Waals surface area contributed by atoms with Crippen LogP contribution >= 0.6 is 11.6 Å². The highest BCUT2D eigenvalue weighted by Crippen LogP contribution is 2.20. The van der Waals surface area contributed by atoms with Crippen LogP contribution in [0.5, 0.6) is 0 Å². The van der Waals surface area contributed by atoms with Gasteiger partial charge in [-0.15, -0.1) is 0 Å². The average molecular weight is 267 g/mol. The van der Waals surface area contributed by atoms with Gasteiger partial charge >= 0.3 is 0 Å². The number of hydrogen-bond acceptors (Lipinski definition) is 4. The van der Waals surface area contributed by atoms with Gasteiger partial charge in [0.25, 0.3) is 0 Å². The zero-order valence-electron chi connectivity index (χ0n) is 9.74. The maximum absolute atomic E-state index is 13.2. The molecule has 1 aromatic heterocycles. The highest BCUT2D eigenvalue weighted by atomic mass is 35.5. The highest BCUT2D eigenvalue weighted by Gasteiger charge is 2.04. The molecule has 0 saturated carbocycles. The minimum absolute atomic E-state index is 0.309. The highest BCUT2D eigenvalue weighted by molar-refractivity contribution is 6.30. The van der Waals surface area contributed by atoms with Gasteiger partial charge in [0.15, 0.2) is 0 Å². The van der Waals surface area contributed by atoms with Crippen molar-refractivity contribution < 1.29 is 4.39 Å². The van der Waals surface area contributed by atoms with Crippen molar-refractivity contribution in [1.82, 2.24) is 9.97 Å². The third-order valence-corrected chi connectivity index (χ3v) is 2.61. The molecule has 2 aromatic rings. The summed E-state index contributed by atoms with van der Waals surface area (Å²) in [5.41, 5.74) is 7.72. The first-order valence-electron chi connectivity index (χ1n) is 5.34. The van der Waals surface area contributed by atoms with Gasteiger partial charge in [-0.3, -0.25) is 0 Å². The van der Waals surface area contributed by atoms with E-state index in [-0.39, 0.29) is 0 Å². The molecule has 2 rings (SSSR count). The molecule has 0 aliphatic carbocycles. The van der Waals surface area contributed by atoms with Crippen molar-refractivity contribution in [2.45, 2.75) is 13.5 Å².